The highest BCUT2D eigenvalue weighted by Gasteiger charge is 2.21. The van der Waals surface area contributed by atoms with Gasteiger partial charge in [0.15, 0.2) is 5.82 Å². The van der Waals surface area contributed by atoms with Crippen LogP contribution in [0.1, 0.15) is 30.8 Å². The van der Waals surface area contributed by atoms with Crippen LogP contribution in [0.15, 0.2) is 24.3 Å². The van der Waals surface area contributed by atoms with Crippen molar-refractivity contribution in [2.24, 2.45) is 0 Å². The van der Waals surface area contributed by atoms with Crippen molar-refractivity contribution in [3.63, 3.8) is 0 Å². The Balaban J connectivity index is 0.00000182. The van der Waals surface area contributed by atoms with Gasteiger partial charge < -0.3 is 9.88 Å². The Morgan fingerprint density at radius 2 is 1.68 bits per heavy atom. The number of aromatic amines is 1. The highest BCUT2D eigenvalue weighted by atomic mass is 35.5. The van der Waals surface area contributed by atoms with Gasteiger partial charge in [-0.1, -0.05) is 12.1 Å². The molecule has 6 heteroatoms. The highest BCUT2D eigenvalue weighted by molar-refractivity contribution is 5.99. The second-order valence-electron chi connectivity index (χ2n) is 6.50. The first-order chi connectivity index (χ1) is 11.6. The molecule has 0 unspecified atom stereocenters. The topological polar surface area (TPSA) is 44.8 Å². The third kappa shape index (κ3) is 3.21. The number of H-pyrrole nitrogens is 1. The maximum Gasteiger partial charge on any atom is 0.156 e. The summed E-state index contributed by atoms with van der Waals surface area (Å²) in [6.45, 7) is 6.05. The SMILES string of the molecule is Cc1nc(N2CCCCC2)c2[nH]c(C)c(-c3ccc(F)cc3)c2n1.Cl. The van der Waals surface area contributed by atoms with E-state index in [1.165, 1.54) is 31.4 Å². The zero-order chi connectivity index (χ0) is 16.7. The average molecular weight is 361 g/mol. The van der Waals surface area contributed by atoms with Crippen LogP contribution < -0.4 is 4.90 Å². The molecule has 0 atom stereocenters. The van der Waals surface area contributed by atoms with Crippen molar-refractivity contribution in [3.8, 4) is 11.1 Å². The number of hydrogen-bond donors (Lipinski definition) is 1. The van der Waals surface area contributed by atoms with E-state index in [9.17, 15) is 4.39 Å². The van der Waals surface area contributed by atoms with Crippen molar-refractivity contribution in [3.05, 3.63) is 41.6 Å². The number of aryl methyl sites for hydroxylation is 2. The molecule has 0 radical (unpaired) electrons. The van der Waals surface area contributed by atoms with Crippen molar-refractivity contribution in [1.82, 2.24) is 15.0 Å². The third-order valence-electron chi connectivity index (χ3n) is 4.71. The maximum atomic E-state index is 13.3. The Hall–Kier alpha value is -2.14. The lowest BCUT2D eigenvalue weighted by molar-refractivity contribution is 0.574. The van der Waals surface area contributed by atoms with Crippen LogP contribution in [0.4, 0.5) is 10.2 Å². The number of rotatable bonds is 2. The molecule has 1 N–H and O–H groups in total. The van der Waals surface area contributed by atoms with Crippen molar-refractivity contribution in [2.75, 3.05) is 18.0 Å². The zero-order valence-corrected chi connectivity index (χ0v) is 15.3. The zero-order valence-electron chi connectivity index (χ0n) is 14.5. The summed E-state index contributed by atoms with van der Waals surface area (Å²) in [5, 5.41) is 0. The van der Waals surface area contributed by atoms with E-state index in [1.54, 1.807) is 0 Å². The van der Waals surface area contributed by atoms with Crippen LogP contribution in [0.2, 0.25) is 0 Å². The number of aromatic nitrogens is 3. The molecule has 1 fully saturated rings. The summed E-state index contributed by atoms with van der Waals surface area (Å²) in [4.78, 5) is 15.2. The molecular weight excluding hydrogens is 339 g/mol. The van der Waals surface area contributed by atoms with Gasteiger partial charge >= 0.3 is 0 Å². The lowest BCUT2D eigenvalue weighted by Gasteiger charge is -2.28. The smallest absolute Gasteiger partial charge is 0.156 e. The minimum atomic E-state index is -0.226. The number of nitrogens with one attached hydrogen (secondary N) is 1. The van der Waals surface area contributed by atoms with Gasteiger partial charge in [-0.25, -0.2) is 14.4 Å². The standard InChI is InChI=1S/C19H21FN4.ClH/c1-12-16(14-6-8-15(20)9-7-14)17-18(21-12)19(23-13(2)22-17)24-10-4-3-5-11-24;/h6-9,21H,3-5,10-11H2,1-2H3;1H. The van der Waals surface area contributed by atoms with Crippen LogP contribution in [0.3, 0.4) is 0 Å². The molecule has 1 aliphatic rings. The van der Waals surface area contributed by atoms with Gasteiger partial charge in [0.1, 0.15) is 22.7 Å². The molecule has 0 saturated carbocycles. The summed E-state index contributed by atoms with van der Waals surface area (Å²) in [5.74, 6) is 1.54. The first kappa shape index (κ1) is 17.7. The van der Waals surface area contributed by atoms with Crippen LogP contribution in [-0.2, 0) is 0 Å². The Labute approximate surface area is 152 Å². The van der Waals surface area contributed by atoms with Crippen molar-refractivity contribution in [1.29, 1.82) is 0 Å². The molecule has 4 rings (SSSR count). The van der Waals surface area contributed by atoms with Crippen molar-refractivity contribution < 1.29 is 4.39 Å². The van der Waals surface area contributed by atoms with E-state index in [1.807, 2.05) is 26.0 Å². The fourth-order valence-corrected chi connectivity index (χ4v) is 3.59. The number of benzene rings is 1. The van der Waals surface area contributed by atoms with Crippen LogP contribution in [0.25, 0.3) is 22.2 Å². The van der Waals surface area contributed by atoms with Crippen LogP contribution >= 0.6 is 12.4 Å². The Kier molecular flexibility index (Phi) is 4.95. The first-order valence-electron chi connectivity index (χ1n) is 8.51. The van der Waals surface area contributed by atoms with Gasteiger partial charge in [0.05, 0.1) is 0 Å². The molecule has 1 aromatic carbocycles. The van der Waals surface area contributed by atoms with Gasteiger partial charge in [-0.15, -0.1) is 12.4 Å². The Morgan fingerprint density at radius 1 is 1.00 bits per heavy atom. The van der Waals surface area contributed by atoms with E-state index in [4.69, 9.17) is 4.98 Å². The lowest BCUT2D eigenvalue weighted by Crippen LogP contribution is -2.30. The molecule has 0 aliphatic carbocycles. The predicted molar refractivity (Wildman–Crippen MR) is 102 cm³/mol. The molecule has 3 heterocycles. The van der Waals surface area contributed by atoms with Crippen molar-refractivity contribution >= 4 is 29.3 Å². The van der Waals surface area contributed by atoms with E-state index in [0.717, 1.165) is 52.6 Å². The first-order valence-corrected chi connectivity index (χ1v) is 8.51. The average Bonchev–Trinajstić information content (AvgIpc) is 2.91. The number of nitrogens with zero attached hydrogens (tertiary/aromatic N) is 3. The molecule has 3 aromatic rings. The number of halogens is 2. The van der Waals surface area contributed by atoms with Gasteiger partial charge in [0, 0.05) is 24.3 Å². The summed E-state index contributed by atoms with van der Waals surface area (Å²) in [6.07, 6.45) is 3.69. The number of hydrogen-bond acceptors (Lipinski definition) is 3. The van der Waals surface area contributed by atoms with Gasteiger partial charge in [0.25, 0.3) is 0 Å². The molecule has 0 spiro atoms. The molecule has 1 aliphatic heterocycles. The predicted octanol–water partition coefficient (Wildman–Crippen LogP) is 4.79. The van der Waals surface area contributed by atoms with E-state index in [-0.39, 0.29) is 18.2 Å². The molecular formula is C19H22ClFN4. The molecule has 132 valence electrons. The van der Waals surface area contributed by atoms with Crippen LogP contribution in [0, 0.1) is 19.7 Å². The number of anilines is 1. The molecule has 25 heavy (non-hydrogen) atoms. The molecule has 4 nitrogen and oxygen atoms in total. The summed E-state index contributed by atoms with van der Waals surface area (Å²) in [6, 6.07) is 6.60. The summed E-state index contributed by atoms with van der Waals surface area (Å²) in [7, 11) is 0. The monoisotopic (exact) mass is 360 g/mol. The highest BCUT2D eigenvalue weighted by Crippen LogP contribution is 2.35. The lowest BCUT2D eigenvalue weighted by atomic mass is 10.0. The second-order valence-corrected chi connectivity index (χ2v) is 6.50. The summed E-state index contributed by atoms with van der Waals surface area (Å²) < 4.78 is 13.3. The normalized spacial score (nSPS) is 14.6. The van der Waals surface area contributed by atoms with E-state index in [2.05, 4.69) is 14.9 Å². The molecule has 2 aromatic heterocycles. The van der Waals surface area contributed by atoms with Gasteiger partial charge in [-0.3, -0.25) is 0 Å². The van der Waals surface area contributed by atoms with Crippen LogP contribution in [0.5, 0.6) is 0 Å². The largest absolute Gasteiger partial charge is 0.355 e. The third-order valence-corrected chi connectivity index (χ3v) is 4.71. The van der Waals surface area contributed by atoms with Gasteiger partial charge in [-0.2, -0.15) is 0 Å². The minimum Gasteiger partial charge on any atom is -0.355 e. The van der Waals surface area contributed by atoms with Crippen LogP contribution in [-0.4, -0.2) is 28.0 Å². The minimum absolute atomic E-state index is 0. The van der Waals surface area contributed by atoms with Gasteiger partial charge in [-0.05, 0) is 50.8 Å². The summed E-state index contributed by atoms with van der Waals surface area (Å²) >= 11 is 0. The maximum absolute atomic E-state index is 13.3. The summed E-state index contributed by atoms with van der Waals surface area (Å²) in [5.41, 5.74) is 4.96. The molecule has 0 bridgehead atoms. The quantitative estimate of drug-likeness (QED) is 0.714. The fraction of sp³-hybridized carbons (Fsp3) is 0.368. The number of piperidine rings is 1. The van der Waals surface area contributed by atoms with Crippen molar-refractivity contribution in [2.45, 2.75) is 33.1 Å². The Morgan fingerprint density at radius 3 is 2.36 bits per heavy atom. The van der Waals surface area contributed by atoms with E-state index in [0.29, 0.717) is 0 Å². The molecule has 1 saturated heterocycles. The van der Waals surface area contributed by atoms with Gasteiger partial charge in [0.2, 0.25) is 0 Å². The molecule has 0 amide bonds. The fourth-order valence-electron chi connectivity index (χ4n) is 3.59. The number of fused-ring (bicyclic) bond motifs is 1. The van der Waals surface area contributed by atoms with E-state index >= 15 is 0 Å². The Bertz CT molecular complexity index is 883. The second kappa shape index (κ2) is 7.00. The van der Waals surface area contributed by atoms with E-state index < -0.39 is 0 Å².